The number of nitrogens with zero attached hydrogens (tertiary/aromatic N) is 2. The summed E-state index contributed by atoms with van der Waals surface area (Å²) in [6, 6.07) is 10.4. The van der Waals surface area contributed by atoms with E-state index in [-0.39, 0.29) is 11.8 Å². The van der Waals surface area contributed by atoms with Gasteiger partial charge in [0.15, 0.2) is 0 Å². The molecule has 1 aromatic heterocycles. The fraction of sp³-hybridized carbons (Fsp3) is 0.235. The van der Waals surface area contributed by atoms with Crippen molar-refractivity contribution in [3.8, 4) is 0 Å². The van der Waals surface area contributed by atoms with E-state index in [1.54, 1.807) is 19.2 Å². The number of rotatable bonds is 2. The average Bonchev–Trinajstić information content (AvgIpc) is 2.55. The molecule has 2 heterocycles. The van der Waals surface area contributed by atoms with Gasteiger partial charge in [0.2, 0.25) is 5.91 Å². The van der Waals surface area contributed by atoms with Gasteiger partial charge in [0, 0.05) is 6.20 Å². The van der Waals surface area contributed by atoms with E-state index in [0.717, 1.165) is 5.56 Å². The first kappa shape index (κ1) is 14.3. The van der Waals surface area contributed by atoms with Crippen LogP contribution in [0.4, 0.5) is 11.4 Å². The van der Waals surface area contributed by atoms with Gasteiger partial charge in [-0.3, -0.25) is 19.5 Å². The van der Waals surface area contributed by atoms with Gasteiger partial charge in [0.05, 0.1) is 11.4 Å². The zero-order valence-corrected chi connectivity index (χ0v) is 12.5. The number of carbonyl (C=O) groups is 2. The molecular weight excluding hydrogens is 278 g/mol. The number of anilines is 2. The van der Waals surface area contributed by atoms with Crippen LogP contribution in [0.1, 0.15) is 29.9 Å². The van der Waals surface area contributed by atoms with Crippen molar-refractivity contribution in [3.05, 3.63) is 53.9 Å². The maximum Gasteiger partial charge on any atom is 0.277 e. The number of para-hydroxylation sites is 2. The number of hydrogen-bond donors (Lipinski definition) is 1. The van der Waals surface area contributed by atoms with E-state index in [9.17, 15) is 9.59 Å². The van der Waals surface area contributed by atoms with Crippen LogP contribution in [0, 0.1) is 0 Å². The molecule has 0 aliphatic carbocycles. The fourth-order valence-corrected chi connectivity index (χ4v) is 2.67. The zero-order chi connectivity index (χ0) is 15.7. The Morgan fingerprint density at radius 3 is 2.82 bits per heavy atom. The molecule has 0 bridgehead atoms. The quantitative estimate of drug-likeness (QED) is 0.926. The summed E-state index contributed by atoms with van der Waals surface area (Å²) in [6.07, 6.45) is 2.32. The SMILES string of the molecule is CCc1cccnc1C(=O)N1c2ccccc2NC(=O)C1C. The molecule has 112 valence electrons. The van der Waals surface area contributed by atoms with Gasteiger partial charge in [0.1, 0.15) is 11.7 Å². The van der Waals surface area contributed by atoms with Crippen LogP contribution in [0.3, 0.4) is 0 Å². The number of benzene rings is 1. The molecule has 0 spiro atoms. The van der Waals surface area contributed by atoms with Crippen molar-refractivity contribution in [2.45, 2.75) is 26.3 Å². The van der Waals surface area contributed by atoms with E-state index in [1.165, 1.54) is 4.90 Å². The summed E-state index contributed by atoms with van der Waals surface area (Å²) in [7, 11) is 0. The molecule has 0 saturated heterocycles. The minimum absolute atomic E-state index is 0.193. The summed E-state index contributed by atoms with van der Waals surface area (Å²) in [5, 5.41) is 2.82. The summed E-state index contributed by atoms with van der Waals surface area (Å²) in [6.45, 7) is 3.70. The minimum Gasteiger partial charge on any atom is -0.322 e. The highest BCUT2D eigenvalue weighted by Crippen LogP contribution is 2.33. The Hall–Kier alpha value is -2.69. The molecule has 0 saturated carbocycles. The second kappa shape index (κ2) is 5.60. The number of hydrogen-bond acceptors (Lipinski definition) is 3. The van der Waals surface area contributed by atoms with Crippen molar-refractivity contribution in [1.82, 2.24) is 4.98 Å². The van der Waals surface area contributed by atoms with Gasteiger partial charge in [-0.05, 0) is 37.1 Å². The zero-order valence-electron chi connectivity index (χ0n) is 12.5. The third kappa shape index (κ3) is 2.24. The third-order valence-corrected chi connectivity index (χ3v) is 3.88. The van der Waals surface area contributed by atoms with E-state index in [1.807, 2.05) is 37.3 Å². The fourth-order valence-electron chi connectivity index (χ4n) is 2.67. The smallest absolute Gasteiger partial charge is 0.277 e. The molecule has 5 heteroatoms. The van der Waals surface area contributed by atoms with Crippen LogP contribution in [0.5, 0.6) is 0 Å². The van der Waals surface area contributed by atoms with Crippen molar-refractivity contribution in [3.63, 3.8) is 0 Å². The van der Waals surface area contributed by atoms with Crippen LogP contribution in [0.25, 0.3) is 0 Å². The van der Waals surface area contributed by atoms with Crippen molar-refractivity contribution in [2.24, 2.45) is 0 Å². The van der Waals surface area contributed by atoms with Crippen molar-refractivity contribution < 1.29 is 9.59 Å². The van der Waals surface area contributed by atoms with Gasteiger partial charge in [0.25, 0.3) is 5.91 Å². The molecule has 1 unspecified atom stereocenters. The number of nitrogens with one attached hydrogen (secondary N) is 1. The van der Waals surface area contributed by atoms with Crippen LogP contribution < -0.4 is 10.2 Å². The molecule has 0 fully saturated rings. The van der Waals surface area contributed by atoms with Crippen molar-refractivity contribution in [1.29, 1.82) is 0 Å². The molecule has 3 rings (SSSR count). The van der Waals surface area contributed by atoms with Gasteiger partial charge < -0.3 is 5.32 Å². The number of aryl methyl sites for hydroxylation is 1. The number of carbonyl (C=O) groups excluding carboxylic acids is 2. The van der Waals surface area contributed by atoms with Crippen LogP contribution in [0.2, 0.25) is 0 Å². The molecule has 1 aromatic carbocycles. The Bertz CT molecular complexity index is 742. The highest BCUT2D eigenvalue weighted by molar-refractivity contribution is 6.16. The lowest BCUT2D eigenvalue weighted by Crippen LogP contribution is -2.49. The maximum atomic E-state index is 13.0. The van der Waals surface area contributed by atoms with Crippen LogP contribution in [-0.4, -0.2) is 22.8 Å². The largest absolute Gasteiger partial charge is 0.322 e. The van der Waals surface area contributed by atoms with Gasteiger partial charge in [-0.2, -0.15) is 0 Å². The predicted molar refractivity (Wildman–Crippen MR) is 85.0 cm³/mol. The Labute approximate surface area is 129 Å². The number of fused-ring (bicyclic) bond motifs is 1. The lowest BCUT2D eigenvalue weighted by atomic mass is 10.1. The lowest BCUT2D eigenvalue weighted by molar-refractivity contribution is -0.117. The van der Waals surface area contributed by atoms with E-state index in [4.69, 9.17) is 0 Å². The van der Waals surface area contributed by atoms with E-state index >= 15 is 0 Å². The minimum atomic E-state index is -0.575. The molecule has 2 amide bonds. The van der Waals surface area contributed by atoms with Gasteiger partial charge >= 0.3 is 0 Å². The average molecular weight is 295 g/mol. The Kier molecular flexibility index (Phi) is 3.63. The third-order valence-electron chi connectivity index (χ3n) is 3.88. The maximum absolute atomic E-state index is 13.0. The number of amides is 2. The Morgan fingerprint density at radius 2 is 2.05 bits per heavy atom. The standard InChI is InChI=1S/C17H17N3O2/c1-3-12-7-6-10-18-15(12)17(22)20-11(2)16(21)19-13-8-4-5-9-14(13)20/h4-11H,3H2,1-2H3,(H,19,21). The summed E-state index contributed by atoms with van der Waals surface area (Å²) in [5.74, 6) is -0.437. The first-order chi connectivity index (χ1) is 10.6. The Morgan fingerprint density at radius 1 is 1.27 bits per heavy atom. The van der Waals surface area contributed by atoms with Crippen LogP contribution >= 0.6 is 0 Å². The molecule has 5 nitrogen and oxygen atoms in total. The normalized spacial score (nSPS) is 16.9. The van der Waals surface area contributed by atoms with Crippen LogP contribution in [-0.2, 0) is 11.2 Å². The lowest BCUT2D eigenvalue weighted by Gasteiger charge is -2.34. The molecule has 2 aromatic rings. The predicted octanol–water partition coefficient (Wildman–Crippen LogP) is 2.63. The molecule has 0 radical (unpaired) electrons. The second-order valence-corrected chi connectivity index (χ2v) is 5.22. The topological polar surface area (TPSA) is 62.3 Å². The summed E-state index contributed by atoms with van der Waals surface area (Å²) in [4.78, 5) is 30.9. The van der Waals surface area contributed by atoms with Gasteiger partial charge in [-0.25, -0.2) is 0 Å². The van der Waals surface area contributed by atoms with Crippen LogP contribution in [0.15, 0.2) is 42.6 Å². The molecule has 1 aliphatic rings. The summed E-state index contributed by atoms with van der Waals surface area (Å²) in [5.41, 5.74) is 2.63. The molecule has 22 heavy (non-hydrogen) atoms. The van der Waals surface area contributed by atoms with Gasteiger partial charge in [-0.15, -0.1) is 0 Å². The molecular formula is C17H17N3O2. The summed E-state index contributed by atoms with van der Waals surface area (Å²) >= 11 is 0. The van der Waals surface area contributed by atoms with Crippen molar-refractivity contribution >= 4 is 23.2 Å². The van der Waals surface area contributed by atoms with Crippen molar-refractivity contribution in [2.75, 3.05) is 10.2 Å². The van der Waals surface area contributed by atoms with E-state index < -0.39 is 6.04 Å². The number of pyridine rings is 1. The van der Waals surface area contributed by atoms with E-state index in [0.29, 0.717) is 23.5 Å². The molecule has 1 atom stereocenters. The number of aromatic nitrogens is 1. The monoisotopic (exact) mass is 295 g/mol. The Balaban J connectivity index is 2.10. The highest BCUT2D eigenvalue weighted by Gasteiger charge is 2.35. The van der Waals surface area contributed by atoms with Gasteiger partial charge in [-0.1, -0.05) is 25.1 Å². The second-order valence-electron chi connectivity index (χ2n) is 5.22. The highest BCUT2D eigenvalue weighted by atomic mass is 16.2. The molecule has 1 N–H and O–H groups in total. The first-order valence-electron chi connectivity index (χ1n) is 7.30. The summed E-state index contributed by atoms with van der Waals surface area (Å²) < 4.78 is 0. The van der Waals surface area contributed by atoms with E-state index in [2.05, 4.69) is 10.3 Å². The first-order valence-corrected chi connectivity index (χ1v) is 7.30. The molecule has 1 aliphatic heterocycles.